The number of alkyl halides is 1. The molecule has 1 spiro atoms. The van der Waals surface area contributed by atoms with E-state index in [0.29, 0.717) is 58.7 Å². The molecule has 4 rings (SSSR count). The van der Waals surface area contributed by atoms with Gasteiger partial charge in [-0.15, -0.1) is 13.2 Å². The largest absolute Gasteiger partial charge is 0.465 e. The quantitative estimate of drug-likeness (QED) is 0.104. The van der Waals surface area contributed by atoms with Crippen molar-refractivity contribution in [2.24, 2.45) is 11.8 Å². The molecule has 4 fully saturated rings. The molecule has 0 saturated carbocycles. The van der Waals surface area contributed by atoms with Crippen LogP contribution in [-0.4, -0.2) is 126 Å². The lowest BCUT2D eigenvalue weighted by molar-refractivity contribution is -0.155. The van der Waals surface area contributed by atoms with Gasteiger partial charge in [0.1, 0.15) is 11.6 Å². The number of ether oxygens (including phenoxy) is 3. The van der Waals surface area contributed by atoms with Crippen LogP contribution in [0, 0.1) is 11.8 Å². The fourth-order valence-electron chi connectivity index (χ4n) is 7.03. The molecule has 10 nitrogen and oxygen atoms in total. The van der Waals surface area contributed by atoms with Gasteiger partial charge >= 0.3 is 5.97 Å². The third-order valence-corrected chi connectivity index (χ3v) is 9.95. The zero-order valence-corrected chi connectivity index (χ0v) is 26.4. The lowest BCUT2D eigenvalue weighted by atomic mass is 9.70. The Morgan fingerprint density at radius 3 is 2.57 bits per heavy atom. The summed E-state index contributed by atoms with van der Waals surface area (Å²) in [5.41, 5.74) is -1.09. The lowest BCUT2D eigenvalue weighted by Crippen LogP contribution is -2.57. The molecule has 3 unspecified atom stereocenters. The van der Waals surface area contributed by atoms with Crippen molar-refractivity contribution in [2.45, 2.75) is 73.9 Å². The van der Waals surface area contributed by atoms with E-state index in [0.717, 1.165) is 45.2 Å². The number of hydrogen-bond donors (Lipinski definition) is 1. The maximum absolute atomic E-state index is 14.5. The number of likely N-dealkylation sites (tertiary alicyclic amines) is 1. The van der Waals surface area contributed by atoms with E-state index in [4.69, 9.17) is 14.2 Å². The first-order valence-corrected chi connectivity index (χ1v) is 16.5. The van der Waals surface area contributed by atoms with Crippen LogP contribution in [-0.2, 0) is 28.6 Å². The van der Waals surface area contributed by atoms with Crippen LogP contribution in [0.1, 0.15) is 51.4 Å². The van der Waals surface area contributed by atoms with E-state index in [-0.39, 0.29) is 29.9 Å². The number of carbonyl (C=O) groups excluding carboxylic acids is 3. The number of nitrogens with zero attached hydrogens (tertiary/aromatic N) is 3. The van der Waals surface area contributed by atoms with Crippen LogP contribution in [0.15, 0.2) is 25.3 Å². The van der Waals surface area contributed by atoms with E-state index in [2.05, 4.69) is 34.0 Å². The minimum atomic E-state index is -1.09. The second kappa shape index (κ2) is 15.8. The van der Waals surface area contributed by atoms with Crippen LogP contribution < -0.4 is 0 Å². The lowest BCUT2D eigenvalue weighted by Gasteiger charge is -2.38. The van der Waals surface area contributed by atoms with Gasteiger partial charge in [0, 0.05) is 50.7 Å². The van der Waals surface area contributed by atoms with Gasteiger partial charge in [0.15, 0.2) is 0 Å². The number of morpholine rings is 1. The maximum Gasteiger partial charge on any atom is 0.312 e. The van der Waals surface area contributed by atoms with E-state index < -0.39 is 35.6 Å². The number of allylic oxidation sites excluding steroid dienone is 1. The number of carbonyl (C=O) groups is 3. The standard InChI is InChI=1S/C31H48BrN3O7/c1-3-5-6-11-19-41-30(39)24-25-28(37)35(13-9-7-8-10-18-36)27(31(25)22-23(32)26(24)42-31)29(38)34(12-4-2)15-14-33-16-20-40-21-17-33/h3-4,23-27,36H,1-2,5-22H2/t23?,24-,25-,26-,27?,31?/m0/s1. The number of hydrogen-bond acceptors (Lipinski definition) is 8. The van der Waals surface area contributed by atoms with Crippen molar-refractivity contribution in [1.82, 2.24) is 14.7 Å². The van der Waals surface area contributed by atoms with Gasteiger partial charge in [-0.2, -0.15) is 0 Å². The summed E-state index contributed by atoms with van der Waals surface area (Å²) in [6.45, 7) is 13.0. The summed E-state index contributed by atoms with van der Waals surface area (Å²) < 4.78 is 17.8. The monoisotopic (exact) mass is 653 g/mol. The van der Waals surface area contributed by atoms with Crippen molar-refractivity contribution in [3.8, 4) is 0 Å². The van der Waals surface area contributed by atoms with Gasteiger partial charge in [-0.25, -0.2) is 0 Å². The third-order valence-electron chi connectivity index (χ3n) is 9.10. The summed E-state index contributed by atoms with van der Waals surface area (Å²) in [6, 6.07) is -0.826. The summed E-state index contributed by atoms with van der Waals surface area (Å²) in [7, 11) is 0. The maximum atomic E-state index is 14.5. The molecule has 42 heavy (non-hydrogen) atoms. The molecule has 1 N–H and O–H groups in total. The highest BCUT2D eigenvalue weighted by Gasteiger charge is 2.77. The Hall–Kier alpha value is -1.79. The molecule has 11 heteroatoms. The van der Waals surface area contributed by atoms with Crippen molar-refractivity contribution in [3.63, 3.8) is 0 Å². The van der Waals surface area contributed by atoms with Crippen molar-refractivity contribution < 1.29 is 33.7 Å². The molecule has 0 aliphatic carbocycles. The van der Waals surface area contributed by atoms with Gasteiger partial charge in [-0.3, -0.25) is 19.3 Å². The minimum Gasteiger partial charge on any atom is -0.465 e. The summed E-state index contributed by atoms with van der Waals surface area (Å²) in [6.07, 6.45) is 9.03. The van der Waals surface area contributed by atoms with Crippen LogP contribution in [0.3, 0.4) is 0 Å². The Kier molecular flexibility index (Phi) is 12.4. The van der Waals surface area contributed by atoms with Crippen LogP contribution in [0.5, 0.6) is 0 Å². The van der Waals surface area contributed by atoms with Gasteiger partial charge in [0.2, 0.25) is 11.8 Å². The highest BCUT2D eigenvalue weighted by Crippen LogP contribution is 2.60. The zero-order chi connectivity index (χ0) is 30.1. The predicted octanol–water partition coefficient (Wildman–Crippen LogP) is 2.53. The first-order chi connectivity index (χ1) is 20.4. The molecule has 2 bridgehead atoms. The second-order valence-corrected chi connectivity index (χ2v) is 13.0. The first kappa shape index (κ1) is 33.1. The Bertz CT molecular complexity index is 961. The Morgan fingerprint density at radius 2 is 1.86 bits per heavy atom. The zero-order valence-electron chi connectivity index (χ0n) is 24.8. The summed E-state index contributed by atoms with van der Waals surface area (Å²) in [5.74, 6) is -2.29. The molecule has 4 saturated heterocycles. The number of amides is 2. The molecule has 2 amide bonds. The molecule has 236 valence electrons. The predicted molar refractivity (Wildman–Crippen MR) is 162 cm³/mol. The van der Waals surface area contributed by atoms with Crippen LogP contribution >= 0.6 is 15.9 Å². The average molecular weight is 655 g/mol. The molecule has 0 aromatic heterocycles. The Balaban J connectivity index is 1.56. The summed E-state index contributed by atoms with van der Waals surface area (Å²) >= 11 is 3.73. The smallest absolute Gasteiger partial charge is 0.312 e. The molecule has 0 aromatic rings. The molecule has 4 heterocycles. The number of rotatable bonds is 18. The van der Waals surface area contributed by atoms with Gasteiger partial charge in [-0.05, 0) is 38.5 Å². The van der Waals surface area contributed by atoms with Gasteiger partial charge in [0.05, 0.1) is 37.8 Å². The van der Waals surface area contributed by atoms with Gasteiger partial charge in [-0.1, -0.05) is 40.9 Å². The van der Waals surface area contributed by atoms with Gasteiger partial charge in [0.25, 0.3) is 0 Å². The van der Waals surface area contributed by atoms with Crippen LogP contribution in [0.2, 0.25) is 0 Å². The second-order valence-electron chi connectivity index (χ2n) is 11.8. The highest BCUT2D eigenvalue weighted by atomic mass is 79.9. The number of aliphatic hydroxyl groups is 1. The van der Waals surface area contributed by atoms with Crippen molar-refractivity contribution in [1.29, 1.82) is 0 Å². The molecule has 6 atom stereocenters. The SMILES string of the molecule is C=CCCCCOC(=O)[C@H]1[C@H]2C(=O)N(CCCCCCO)C(C(=O)N(CC=C)CCN3CCOCC3)C23CC(Br)[C@@H]1O3. The van der Waals surface area contributed by atoms with E-state index in [1.54, 1.807) is 15.9 Å². The molecular formula is C31H48BrN3O7. The van der Waals surface area contributed by atoms with Crippen LogP contribution in [0.25, 0.3) is 0 Å². The van der Waals surface area contributed by atoms with Crippen molar-refractivity contribution >= 4 is 33.7 Å². The number of esters is 1. The van der Waals surface area contributed by atoms with Crippen molar-refractivity contribution in [2.75, 3.05) is 65.7 Å². The molecule has 4 aliphatic rings. The molecule has 0 aromatic carbocycles. The minimum absolute atomic E-state index is 0.133. The Labute approximate surface area is 258 Å². The molecule has 0 radical (unpaired) electrons. The summed E-state index contributed by atoms with van der Waals surface area (Å²) in [4.78, 5) is 47.7. The normalized spacial score (nSPS) is 30.4. The average Bonchev–Trinajstić information content (AvgIpc) is 3.58. The number of halogens is 1. The van der Waals surface area contributed by atoms with Crippen molar-refractivity contribution in [3.05, 3.63) is 25.3 Å². The van der Waals surface area contributed by atoms with E-state index >= 15 is 0 Å². The van der Waals surface area contributed by atoms with Crippen LogP contribution in [0.4, 0.5) is 0 Å². The highest BCUT2D eigenvalue weighted by molar-refractivity contribution is 9.09. The third kappa shape index (κ3) is 7.12. The summed E-state index contributed by atoms with van der Waals surface area (Å²) in [5, 5.41) is 9.18. The molecular weight excluding hydrogens is 606 g/mol. The Morgan fingerprint density at radius 1 is 1.10 bits per heavy atom. The van der Waals surface area contributed by atoms with E-state index in [1.165, 1.54) is 0 Å². The molecule has 4 aliphatic heterocycles. The van der Waals surface area contributed by atoms with E-state index in [1.807, 2.05) is 6.08 Å². The fraction of sp³-hybridized carbons (Fsp3) is 0.774. The fourth-order valence-corrected chi connectivity index (χ4v) is 7.98. The number of aliphatic hydroxyl groups excluding tert-OH is 1. The number of fused-ring (bicyclic) bond motifs is 1. The van der Waals surface area contributed by atoms with Gasteiger partial charge < -0.3 is 29.1 Å². The van der Waals surface area contributed by atoms with E-state index in [9.17, 15) is 19.5 Å². The first-order valence-electron chi connectivity index (χ1n) is 15.6. The number of unbranched alkanes of at least 4 members (excludes halogenated alkanes) is 5. The topological polar surface area (TPSA) is 109 Å².